The number of hydrogen-bond donors (Lipinski definition) is 1. The lowest BCUT2D eigenvalue weighted by Gasteiger charge is -2.35. The van der Waals surface area contributed by atoms with E-state index in [1.807, 2.05) is 18.2 Å². The summed E-state index contributed by atoms with van der Waals surface area (Å²) in [6.45, 7) is 0. The van der Waals surface area contributed by atoms with Crippen LogP contribution in [-0.4, -0.2) is 20.6 Å². The van der Waals surface area contributed by atoms with E-state index in [4.69, 9.17) is 0 Å². The second kappa shape index (κ2) is 4.62. The quantitative estimate of drug-likeness (QED) is 0.855. The Kier molecular flexibility index (Phi) is 2.91. The molecular weight excluding hydrogens is 358 g/mol. The molecule has 4 nitrogen and oxygen atoms in total. The molecule has 5 rings (SSSR count). The number of benzene rings is 1. The fourth-order valence-corrected chi connectivity index (χ4v) is 3.86. The molecule has 1 aromatic carbocycles. The first kappa shape index (κ1) is 13.9. The molecule has 1 aromatic heterocycles. The number of aromatic nitrogens is 2. The van der Waals surface area contributed by atoms with Crippen molar-refractivity contribution in [2.75, 3.05) is 0 Å². The van der Waals surface area contributed by atoms with Crippen molar-refractivity contribution in [1.29, 1.82) is 0 Å². The Labute approximate surface area is 132 Å². The van der Waals surface area contributed by atoms with Gasteiger partial charge in [-0.2, -0.15) is 0 Å². The predicted molar refractivity (Wildman–Crippen MR) is 78.3 cm³/mol. The third-order valence-corrected chi connectivity index (χ3v) is 5.02. The maximum absolute atomic E-state index is 13.5. The molecular formula is C15H11BrF2N2O2. The summed E-state index contributed by atoms with van der Waals surface area (Å²) in [5, 5.41) is 9.22. The van der Waals surface area contributed by atoms with Crippen molar-refractivity contribution in [3.63, 3.8) is 0 Å². The molecule has 1 fully saturated rings. The maximum Gasteiger partial charge on any atom is 0.356 e. The normalized spacial score (nSPS) is 21.8. The van der Waals surface area contributed by atoms with Crippen LogP contribution < -0.4 is 0 Å². The standard InChI is InChI=1S/C15H11BrF2N2O2/c16-7-1-2-9-6-3-8(4-6)20-12(13(17)18)11(15(21)22)19-14(20)10(9)5-7/h1-2,5-6,8,13H,3-4H2,(H,21,22). The molecule has 0 saturated heterocycles. The van der Waals surface area contributed by atoms with Crippen molar-refractivity contribution in [3.05, 3.63) is 39.6 Å². The molecule has 3 heterocycles. The summed E-state index contributed by atoms with van der Waals surface area (Å²) in [5.74, 6) is -0.745. The van der Waals surface area contributed by atoms with Crippen LogP contribution in [0.3, 0.4) is 0 Å². The van der Waals surface area contributed by atoms with Crippen molar-refractivity contribution in [2.24, 2.45) is 0 Å². The van der Waals surface area contributed by atoms with Gasteiger partial charge in [-0.15, -0.1) is 0 Å². The average molecular weight is 369 g/mol. The average Bonchev–Trinajstić information content (AvgIpc) is 2.69. The lowest BCUT2D eigenvalue weighted by Crippen LogP contribution is -2.25. The van der Waals surface area contributed by atoms with Crippen LogP contribution in [0.25, 0.3) is 11.4 Å². The smallest absolute Gasteiger partial charge is 0.356 e. The zero-order chi connectivity index (χ0) is 15.6. The van der Waals surface area contributed by atoms with E-state index in [1.54, 1.807) is 0 Å². The van der Waals surface area contributed by atoms with Crippen LogP contribution in [0.2, 0.25) is 0 Å². The number of carboxylic acid groups (broad SMARTS) is 1. The molecule has 2 bridgehead atoms. The molecule has 0 unspecified atom stereocenters. The number of imidazole rings is 1. The van der Waals surface area contributed by atoms with Crippen LogP contribution in [0.1, 0.15) is 53.0 Å². The summed E-state index contributed by atoms with van der Waals surface area (Å²) in [6.07, 6.45) is -1.37. The van der Waals surface area contributed by atoms with Gasteiger partial charge in [-0.05, 0) is 36.5 Å². The molecule has 0 spiro atoms. The largest absolute Gasteiger partial charge is 0.476 e. The van der Waals surface area contributed by atoms with E-state index < -0.39 is 23.8 Å². The van der Waals surface area contributed by atoms with Crippen LogP contribution in [0, 0.1) is 0 Å². The van der Waals surface area contributed by atoms with E-state index in [1.165, 1.54) is 4.57 Å². The molecule has 7 heteroatoms. The Hall–Kier alpha value is -1.76. The Morgan fingerprint density at radius 1 is 1.41 bits per heavy atom. The highest BCUT2D eigenvalue weighted by atomic mass is 79.9. The van der Waals surface area contributed by atoms with Gasteiger partial charge in [0.1, 0.15) is 11.5 Å². The molecule has 3 aliphatic rings. The number of hydrogen-bond acceptors (Lipinski definition) is 2. The van der Waals surface area contributed by atoms with E-state index in [2.05, 4.69) is 20.9 Å². The Bertz CT molecular complexity index is 797. The minimum absolute atomic E-state index is 0.101. The number of alkyl halides is 2. The van der Waals surface area contributed by atoms with Crippen molar-refractivity contribution < 1.29 is 18.7 Å². The SMILES string of the molecule is O=C(O)c1nc2n(c1C(F)F)C1CC(C1)c1ccc(Br)cc1-2. The van der Waals surface area contributed by atoms with Crippen molar-refractivity contribution >= 4 is 21.9 Å². The fourth-order valence-electron chi connectivity index (χ4n) is 3.50. The highest BCUT2D eigenvalue weighted by Crippen LogP contribution is 2.53. The van der Waals surface area contributed by atoms with E-state index in [-0.39, 0.29) is 6.04 Å². The third kappa shape index (κ3) is 1.78. The van der Waals surface area contributed by atoms with E-state index in [0.29, 0.717) is 11.7 Å². The first-order valence-electron chi connectivity index (χ1n) is 6.90. The first-order valence-corrected chi connectivity index (χ1v) is 7.70. The van der Waals surface area contributed by atoms with Crippen LogP contribution in [-0.2, 0) is 0 Å². The number of nitrogens with zero attached hydrogens (tertiary/aromatic N) is 2. The maximum atomic E-state index is 13.5. The number of carboxylic acids is 1. The first-order chi connectivity index (χ1) is 10.5. The van der Waals surface area contributed by atoms with Gasteiger partial charge >= 0.3 is 5.97 Å². The molecule has 22 heavy (non-hydrogen) atoms. The topological polar surface area (TPSA) is 55.1 Å². The van der Waals surface area contributed by atoms with E-state index >= 15 is 0 Å². The van der Waals surface area contributed by atoms with Gasteiger partial charge in [-0.1, -0.05) is 22.0 Å². The predicted octanol–water partition coefficient (Wildman–Crippen LogP) is 4.38. The highest BCUT2D eigenvalue weighted by molar-refractivity contribution is 9.10. The molecule has 2 aliphatic heterocycles. The summed E-state index contributed by atoms with van der Waals surface area (Å²) < 4.78 is 29.2. The summed E-state index contributed by atoms with van der Waals surface area (Å²) in [4.78, 5) is 15.4. The van der Waals surface area contributed by atoms with Crippen molar-refractivity contribution in [1.82, 2.24) is 9.55 Å². The zero-order valence-electron chi connectivity index (χ0n) is 11.3. The fraction of sp³-hybridized carbons (Fsp3) is 0.333. The molecule has 0 amide bonds. The van der Waals surface area contributed by atoms with Crippen molar-refractivity contribution in [3.8, 4) is 11.4 Å². The third-order valence-electron chi connectivity index (χ3n) is 4.53. The molecule has 1 N–H and O–H groups in total. The Balaban J connectivity index is 2.06. The summed E-state index contributed by atoms with van der Waals surface area (Å²) in [6, 6.07) is 5.61. The number of aromatic carboxylic acids is 1. The van der Waals surface area contributed by atoms with Gasteiger partial charge in [-0.25, -0.2) is 18.6 Å². The van der Waals surface area contributed by atoms with Crippen LogP contribution in [0.4, 0.5) is 8.78 Å². The van der Waals surface area contributed by atoms with Gasteiger partial charge in [0.25, 0.3) is 6.43 Å². The minimum Gasteiger partial charge on any atom is -0.476 e. The van der Waals surface area contributed by atoms with E-state index in [9.17, 15) is 18.7 Å². The molecule has 114 valence electrons. The second-order valence-corrected chi connectivity index (χ2v) is 6.61. The van der Waals surface area contributed by atoms with Gasteiger partial charge < -0.3 is 9.67 Å². The molecule has 0 radical (unpaired) electrons. The summed E-state index contributed by atoms with van der Waals surface area (Å²) in [7, 11) is 0. The van der Waals surface area contributed by atoms with Gasteiger partial charge in [0, 0.05) is 16.1 Å². The monoisotopic (exact) mass is 368 g/mol. The highest BCUT2D eigenvalue weighted by Gasteiger charge is 2.42. The zero-order valence-corrected chi connectivity index (χ0v) is 12.8. The van der Waals surface area contributed by atoms with Crippen LogP contribution in [0.5, 0.6) is 0 Å². The van der Waals surface area contributed by atoms with Gasteiger partial charge in [0.2, 0.25) is 0 Å². The number of carbonyl (C=O) groups is 1. The molecule has 0 atom stereocenters. The summed E-state index contributed by atoms with van der Waals surface area (Å²) >= 11 is 3.38. The minimum atomic E-state index is -2.86. The van der Waals surface area contributed by atoms with Crippen LogP contribution in [0.15, 0.2) is 22.7 Å². The van der Waals surface area contributed by atoms with Crippen molar-refractivity contribution in [2.45, 2.75) is 31.2 Å². The van der Waals surface area contributed by atoms with Gasteiger partial charge in [0.05, 0.1) is 0 Å². The Morgan fingerprint density at radius 2 is 2.14 bits per heavy atom. The van der Waals surface area contributed by atoms with Crippen LogP contribution >= 0.6 is 15.9 Å². The molecule has 1 saturated carbocycles. The lowest BCUT2D eigenvalue weighted by molar-refractivity contribution is 0.0673. The summed E-state index contributed by atoms with van der Waals surface area (Å²) in [5.41, 5.74) is 0.787. The van der Waals surface area contributed by atoms with Gasteiger partial charge in [0.15, 0.2) is 5.69 Å². The molecule has 2 aromatic rings. The second-order valence-electron chi connectivity index (χ2n) is 5.70. The van der Waals surface area contributed by atoms with Gasteiger partial charge in [-0.3, -0.25) is 0 Å². The number of rotatable bonds is 2. The number of halogens is 3. The van der Waals surface area contributed by atoms with E-state index in [0.717, 1.165) is 28.4 Å². The lowest BCUT2D eigenvalue weighted by atomic mass is 9.75. The Morgan fingerprint density at radius 3 is 2.77 bits per heavy atom. The molecule has 1 aliphatic carbocycles.